The van der Waals surface area contributed by atoms with Gasteiger partial charge in [0.1, 0.15) is 42.7 Å². The number of aliphatic hydroxyl groups is 5. The maximum Gasteiger partial charge on any atom is 0.338 e. The molecule has 8 unspecified atom stereocenters. The predicted molar refractivity (Wildman–Crippen MR) is 201 cm³/mol. The molecule has 7 rings (SSSR count). The highest BCUT2D eigenvalue weighted by Crippen LogP contribution is 2.45. The fourth-order valence-electron chi connectivity index (χ4n) is 7.53. The monoisotopic (exact) mass is 786 g/mol. The molecule has 2 fully saturated rings. The van der Waals surface area contributed by atoms with E-state index in [0.717, 1.165) is 16.7 Å². The molecule has 2 aliphatic carbocycles. The van der Waals surface area contributed by atoms with Gasteiger partial charge < -0.3 is 59.9 Å². The number of esters is 1. The molecule has 2 heterocycles. The lowest BCUT2D eigenvalue weighted by Gasteiger charge is -2.39. The number of fused-ring (bicyclic) bond motifs is 2. The van der Waals surface area contributed by atoms with Gasteiger partial charge in [0.2, 0.25) is 5.91 Å². The molecule has 4 aliphatic rings. The molecule has 0 aromatic heterocycles. The summed E-state index contributed by atoms with van der Waals surface area (Å²) in [5.74, 6) is -2.30. The van der Waals surface area contributed by atoms with Crippen molar-refractivity contribution < 1.29 is 63.6 Å². The van der Waals surface area contributed by atoms with E-state index in [1.54, 1.807) is 66.8 Å². The van der Waals surface area contributed by atoms with Crippen LogP contribution in [0, 0.1) is 0 Å². The molecule has 1 spiro atoms. The average molecular weight is 787 g/mol. The van der Waals surface area contributed by atoms with Crippen LogP contribution in [0.4, 0.5) is 0 Å². The van der Waals surface area contributed by atoms with Crippen molar-refractivity contribution in [1.29, 1.82) is 0 Å². The predicted octanol–water partition coefficient (Wildman–Crippen LogP) is 0.689. The first-order valence-electron chi connectivity index (χ1n) is 18.9. The van der Waals surface area contributed by atoms with Crippen LogP contribution in [0.15, 0.2) is 90.5 Å². The average Bonchev–Trinajstić information content (AvgIpc) is 3.78. The lowest BCUT2D eigenvalue weighted by molar-refractivity contribution is -0.298. The van der Waals surface area contributed by atoms with Crippen molar-refractivity contribution in [1.82, 2.24) is 10.6 Å². The first-order chi connectivity index (χ1) is 27.6. The quantitative estimate of drug-likeness (QED) is 0.119. The van der Waals surface area contributed by atoms with Crippen LogP contribution in [0.2, 0.25) is 0 Å². The summed E-state index contributed by atoms with van der Waals surface area (Å²) in [5.41, 5.74) is 4.66. The van der Waals surface area contributed by atoms with E-state index >= 15 is 0 Å². The molecule has 2 saturated heterocycles. The zero-order chi connectivity index (χ0) is 40.1. The van der Waals surface area contributed by atoms with Crippen LogP contribution in [0.3, 0.4) is 0 Å². The van der Waals surface area contributed by atoms with Gasteiger partial charge in [0.15, 0.2) is 12.1 Å². The molecule has 302 valence electrons. The Morgan fingerprint density at radius 2 is 1.60 bits per heavy atom. The van der Waals surface area contributed by atoms with Crippen molar-refractivity contribution in [2.45, 2.75) is 80.6 Å². The molecule has 3 aromatic rings. The molecule has 57 heavy (non-hydrogen) atoms. The van der Waals surface area contributed by atoms with Crippen molar-refractivity contribution in [2.75, 3.05) is 26.4 Å². The first kappa shape index (κ1) is 40.4. The third-order valence-electron chi connectivity index (χ3n) is 10.5. The van der Waals surface area contributed by atoms with Crippen molar-refractivity contribution in [2.24, 2.45) is 0 Å². The maximum atomic E-state index is 13.6. The molecule has 15 heteroatoms. The Kier molecular flexibility index (Phi) is 12.6. The van der Waals surface area contributed by atoms with Gasteiger partial charge in [-0.1, -0.05) is 60.7 Å². The largest absolute Gasteiger partial charge is 0.456 e. The van der Waals surface area contributed by atoms with E-state index in [1.807, 2.05) is 24.3 Å². The first-order valence-corrected chi connectivity index (χ1v) is 18.9. The van der Waals surface area contributed by atoms with Crippen LogP contribution < -0.4 is 10.6 Å². The summed E-state index contributed by atoms with van der Waals surface area (Å²) >= 11 is 0. The van der Waals surface area contributed by atoms with E-state index in [4.69, 9.17) is 28.8 Å². The van der Waals surface area contributed by atoms with Crippen LogP contribution in [0.1, 0.15) is 49.4 Å². The van der Waals surface area contributed by atoms with Gasteiger partial charge in [0.05, 0.1) is 25.4 Å². The van der Waals surface area contributed by atoms with E-state index in [2.05, 4.69) is 10.6 Å². The SMILES string of the molecule is O=C(NCc1cccc(C(=O)NCCO)c1)C1=CC2OC3(Cc4ccccc4C3)OC2C(OC(=O)c2ccc(C=CCOC3OC(CO)C(O)C(O)C3O)cc2)C1. The number of carbonyl (C=O) groups excluding carboxylic acids is 3. The lowest BCUT2D eigenvalue weighted by atomic mass is 9.91. The van der Waals surface area contributed by atoms with E-state index in [9.17, 15) is 34.8 Å². The fraction of sp³-hybridized carbons (Fsp3) is 0.405. The van der Waals surface area contributed by atoms with Crippen molar-refractivity contribution in [3.63, 3.8) is 0 Å². The summed E-state index contributed by atoms with van der Waals surface area (Å²) in [6.07, 6.45) is -2.87. The molecule has 7 N–H and O–H groups in total. The number of carbonyl (C=O) groups is 3. The smallest absolute Gasteiger partial charge is 0.338 e. The normalized spacial score (nSPS) is 27.4. The highest BCUT2D eigenvalue weighted by molar-refractivity contribution is 5.95. The van der Waals surface area contributed by atoms with E-state index in [-0.39, 0.29) is 50.1 Å². The topological polar surface area (TPSA) is 223 Å². The van der Waals surface area contributed by atoms with Gasteiger partial charge in [-0.05, 0) is 52.6 Å². The molecule has 15 nitrogen and oxygen atoms in total. The molecular formula is C42H46N2O13. The van der Waals surface area contributed by atoms with E-state index < -0.39 is 67.4 Å². The highest BCUT2D eigenvalue weighted by atomic mass is 16.8. The Morgan fingerprint density at radius 1 is 0.842 bits per heavy atom. The number of rotatable bonds is 13. The zero-order valence-electron chi connectivity index (χ0n) is 30.9. The third kappa shape index (κ3) is 9.17. The second-order valence-electron chi connectivity index (χ2n) is 14.5. The van der Waals surface area contributed by atoms with Gasteiger partial charge in [0, 0.05) is 43.5 Å². The van der Waals surface area contributed by atoms with Crippen LogP contribution >= 0.6 is 0 Å². The number of amides is 2. The summed E-state index contributed by atoms with van der Waals surface area (Å²) in [5, 5.41) is 54.0. The van der Waals surface area contributed by atoms with Gasteiger partial charge in [-0.25, -0.2) is 4.79 Å². The molecule has 2 aliphatic heterocycles. The molecule has 0 bridgehead atoms. The lowest BCUT2D eigenvalue weighted by Crippen LogP contribution is -2.59. The summed E-state index contributed by atoms with van der Waals surface area (Å²) in [7, 11) is 0. The number of aliphatic hydroxyl groups excluding tert-OH is 5. The molecule has 3 aromatic carbocycles. The Labute approximate surface area is 328 Å². The summed E-state index contributed by atoms with van der Waals surface area (Å²) in [4.78, 5) is 39.6. The van der Waals surface area contributed by atoms with E-state index in [0.29, 0.717) is 29.5 Å². The van der Waals surface area contributed by atoms with Crippen molar-refractivity contribution in [3.05, 3.63) is 124 Å². The van der Waals surface area contributed by atoms with Crippen molar-refractivity contribution >= 4 is 23.9 Å². The second kappa shape index (κ2) is 17.8. The molecule has 8 atom stereocenters. The standard InChI is InChI=1S/C42H46N2O13/c45-15-14-43-38(50)27-9-3-5-25(17-27)22-44-39(51)30-18-31(37-32(19-30)56-42(57-37)20-28-7-1-2-8-29(28)21-42)54-40(52)26-12-10-24(11-13-26)6-4-16-53-41-36(49)35(48)34(47)33(23-46)55-41/h1-13,17,19,31-37,41,45-49H,14-16,18,20-23H2,(H,43,50)(H,44,51). The Hall–Kier alpha value is -4.81. The molecule has 0 saturated carbocycles. The Balaban J connectivity index is 0.999. The van der Waals surface area contributed by atoms with Crippen LogP contribution in [-0.4, -0.2) is 124 Å². The molecular weight excluding hydrogens is 740 g/mol. The Morgan fingerprint density at radius 3 is 2.32 bits per heavy atom. The summed E-state index contributed by atoms with van der Waals surface area (Å²) in [6, 6.07) is 21.4. The molecule has 0 radical (unpaired) electrons. The highest BCUT2D eigenvalue weighted by Gasteiger charge is 2.55. The third-order valence-corrected chi connectivity index (χ3v) is 10.5. The molecule has 2 amide bonds. The van der Waals surface area contributed by atoms with Gasteiger partial charge in [0.25, 0.3) is 5.91 Å². The summed E-state index contributed by atoms with van der Waals surface area (Å²) in [6.45, 7) is -0.511. The van der Waals surface area contributed by atoms with Gasteiger partial charge in [-0.15, -0.1) is 0 Å². The number of hydrogen-bond acceptors (Lipinski definition) is 13. The van der Waals surface area contributed by atoms with Crippen molar-refractivity contribution in [3.8, 4) is 0 Å². The van der Waals surface area contributed by atoms with Gasteiger partial charge in [-0.2, -0.15) is 0 Å². The number of hydrogen-bond donors (Lipinski definition) is 7. The van der Waals surface area contributed by atoms with Crippen LogP contribution in [-0.2, 0) is 47.9 Å². The number of nitrogens with one attached hydrogen (secondary N) is 2. The minimum Gasteiger partial charge on any atom is -0.456 e. The minimum atomic E-state index is -1.54. The number of ether oxygens (including phenoxy) is 5. The van der Waals surface area contributed by atoms with Crippen LogP contribution in [0.5, 0.6) is 0 Å². The minimum absolute atomic E-state index is 0.0241. The second-order valence-corrected chi connectivity index (χ2v) is 14.5. The van der Waals surface area contributed by atoms with Gasteiger partial charge in [-0.3, -0.25) is 9.59 Å². The zero-order valence-corrected chi connectivity index (χ0v) is 30.9. The fourth-order valence-corrected chi connectivity index (χ4v) is 7.53. The van der Waals surface area contributed by atoms with Crippen LogP contribution in [0.25, 0.3) is 6.08 Å². The van der Waals surface area contributed by atoms with Gasteiger partial charge >= 0.3 is 5.97 Å². The summed E-state index contributed by atoms with van der Waals surface area (Å²) < 4.78 is 30.1. The van der Waals surface area contributed by atoms with E-state index in [1.165, 1.54) is 0 Å². The Bertz CT molecular complexity index is 1960. The number of benzene rings is 3. The maximum absolute atomic E-state index is 13.6.